The van der Waals surface area contributed by atoms with Crippen LogP contribution >= 0.6 is 11.3 Å². The lowest BCUT2D eigenvalue weighted by atomic mass is 9.82. The van der Waals surface area contributed by atoms with Crippen molar-refractivity contribution < 1.29 is 9.84 Å². The Morgan fingerprint density at radius 2 is 2.05 bits per heavy atom. The van der Waals surface area contributed by atoms with Crippen LogP contribution in [0.2, 0.25) is 0 Å². The lowest BCUT2D eigenvalue weighted by molar-refractivity contribution is -0.0421. The van der Waals surface area contributed by atoms with Gasteiger partial charge in [-0.3, -0.25) is 4.90 Å². The molecule has 112 valence electrons. The van der Waals surface area contributed by atoms with Crippen LogP contribution in [0.15, 0.2) is 17.5 Å². The molecule has 2 heterocycles. The molecule has 3 rings (SSSR count). The molecule has 1 aliphatic carbocycles. The Morgan fingerprint density at radius 1 is 1.30 bits per heavy atom. The van der Waals surface area contributed by atoms with E-state index < -0.39 is 5.60 Å². The molecular formula is C16H25NO2S. The second kappa shape index (κ2) is 6.56. The Bertz CT molecular complexity index is 397. The highest BCUT2D eigenvalue weighted by atomic mass is 32.1. The molecule has 1 saturated carbocycles. The molecular weight excluding hydrogens is 270 g/mol. The molecule has 1 unspecified atom stereocenters. The van der Waals surface area contributed by atoms with Crippen LogP contribution in [-0.4, -0.2) is 42.9 Å². The Balaban J connectivity index is 1.68. The van der Waals surface area contributed by atoms with Gasteiger partial charge in [0.15, 0.2) is 0 Å². The van der Waals surface area contributed by atoms with Crippen molar-refractivity contribution in [1.29, 1.82) is 0 Å². The van der Waals surface area contributed by atoms with Crippen molar-refractivity contribution >= 4 is 11.3 Å². The highest BCUT2D eigenvalue weighted by Crippen LogP contribution is 2.44. The summed E-state index contributed by atoms with van der Waals surface area (Å²) in [5.74, 6) is 0.446. The number of hydrogen-bond acceptors (Lipinski definition) is 4. The van der Waals surface area contributed by atoms with Crippen LogP contribution in [0.25, 0.3) is 0 Å². The Labute approximate surface area is 125 Å². The molecule has 0 spiro atoms. The Morgan fingerprint density at radius 3 is 2.70 bits per heavy atom. The Hall–Kier alpha value is -0.420. The molecule has 1 aromatic heterocycles. The molecule has 2 fully saturated rings. The van der Waals surface area contributed by atoms with Crippen LogP contribution in [0.3, 0.4) is 0 Å². The van der Waals surface area contributed by atoms with Crippen molar-refractivity contribution in [3.8, 4) is 0 Å². The second-order valence-corrected chi connectivity index (χ2v) is 7.03. The summed E-state index contributed by atoms with van der Waals surface area (Å²) < 4.78 is 5.40. The average Bonchev–Trinajstić information content (AvgIpc) is 3.18. The van der Waals surface area contributed by atoms with Crippen LogP contribution < -0.4 is 0 Å². The van der Waals surface area contributed by atoms with Gasteiger partial charge in [0.1, 0.15) is 5.60 Å². The summed E-state index contributed by atoms with van der Waals surface area (Å²) in [6, 6.07) is 4.18. The quantitative estimate of drug-likeness (QED) is 0.906. The zero-order valence-corrected chi connectivity index (χ0v) is 12.9. The standard InChI is InChI=1S/C16H25NO2S/c18-16(14-4-1-2-5-14,15-6-3-13-20-15)7-8-17-9-11-19-12-10-17/h3,6,13-14,18H,1-2,4-5,7-12H2. The third-order valence-corrected chi connectivity index (χ3v) is 5.93. The predicted molar refractivity (Wildman–Crippen MR) is 82.0 cm³/mol. The van der Waals surface area contributed by atoms with Crippen molar-refractivity contribution in [2.24, 2.45) is 5.92 Å². The summed E-state index contributed by atoms with van der Waals surface area (Å²) in [5.41, 5.74) is -0.608. The summed E-state index contributed by atoms with van der Waals surface area (Å²) >= 11 is 1.71. The molecule has 1 atom stereocenters. The van der Waals surface area contributed by atoms with E-state index in [0.29, 0.717) is 5.92 Å². The molecule has 1 N–H and O–H groups in total. The lowest BCUT2D eigenvalue weighted by Crippen LogP contribution is -2.42. The minimum Gasteiger partial charge on any atom is -0.384 e. The van der Waals surface area contributed by atoms with Crippen LogP contribution in [0.5, 0.6) is 0 Å². The number of nitrogens with zero attached hydrogens (tertiary/aromatic N) is 1. The van der Waals surface area contributed by atoms with Crippen LogP contribution in [0.1, 0.15) is 37.0 Å². The van der Waals surface area contributed by atoms with Crippen LogP contribution in [0, 0.1) is 5.92 Å². The van der Waals surface area contributed by atoms with E-state index in [-0.39, 0.29) is 0 Å². The van der Waals surface area contributed by atoms with E-state index in [0.717, 1.165) is 44.1 Å². The second-order valence-electron chi connectivity index (χ2n) is 6.09. The highest BCUT2D eigenvalue weighted by molar-refractivity contribution is 7.10. The molecule has 0 radical (unpaired) electrons. The van der Waals surface area contributed by atoms with Crippen molar-refractivity contribution in [1.82, 2.24) is 4.90 Å². The number of hydrogen-bond donors (Lipinski definition) is 1. The summed E-state index contributed by atoms with van der Waals surface area (Å²) in [6.45, 7) is 4.66. The number of ether oxygens (including phenoxy) is 1. The molecule has 3 nitrogen and oxygen atoms in total. The fourth-order valence-electron chi connectivity index (χ4n) is 3.61. The van der Waals surface area contributed by atoms with E-state index in [1.807, 2.05) is 0 Å². The van der Waals surface area contributed by atoms with Gasteiger partial charge in [-0.05, 0) is 36.6 Å². The molecule has 0 aromatic carbocycles. The van der Waals surface area contributed by atoms with Gasteiger partial charge in [0, 0.05) is 24.5 Å². The first-order chi connectivity index (χ1) is 9.79. The molecule has 1 aromatic rings. The molecule has 0 bridgehead atoms. The molecule has 2 aliphatic rings. The lowest BCUT2D eigenvalue weighted by Gasteiger charge is -2.36. The average molecular weight is 295 g/mol. The minimum absolute atomic E-state index is 0.446. The van der Waals surface area contributed by atoms with E-state index in [1.54, 1.807) is 11.3 Å². The first-order valence-electron chi connectivity index (χ1n) is 7.85. The fraction of sp³-hybridized carbons (Fsp3) is 0.750. The number of morpholine rings is 1. The van der Waals surface area contributed by atoms with Gasteiger partial charge in [0.25, 0.3) is 0 Å². The van der Waals surface area contributed by atoms with Crippen molar-refractivity contribution in [2.75, 3.05) is 32.8 Å². The summed E-state index contributed by atoms with van der Waals surface area (Å²) in [6.07, 6.45) is 5.76. The van der Waals surface area contributed by atoms with Gasteiger partial charge in [-0.2, -0.15) is 0 Å². The fourth-order valence-corrected chi connectivity index (χ4v) is 4.54. The summed E-state index contributed by atoms with van der Waals surface area (Å²) in [4.78, 5) is 3.59. The zero-order chi connectivity index (χ0) is 13.8. The van der Waals surface area contributed by atoms with Crippen molar-refractivity contribution in [3.63, 3.8) is 0 Å². The van der Waals surface area contributed by atoms with Crippen LogP contribution in [0.4, 0.5) is 0 Å². The number of aliphatic hydroxyl groups is 1. The van der Waals surface area contributed by atoms with Gasteiger partial charge in [0.2, 0.25) is 0 Å². The molecule has 20 heavy (non-hydrogen) atoms. The third-order valence-electron chi connectivity index (χ3n) is 4.89. The number of rotatable bonds is 5. The molecule has 1 saturated heterocycles. The third kappa shape index (κ3) is 3.08. The molecule has 1 aliphatic heterocycles. The first-order valence-corrected chi connectivity index (χ1v) is 8.73. The van der Waals surface area contributed by atoms with Crippen LogP contribution in [-0.2, 0) is 10.3 Å². The van der Waals surface area contributed by atoms with Gasteiger partial charge in [-0.15, -0.1) is 11.3 Å². The van der Waals surface area contributed by atoms with E-state index >= 15 is 0 Å². The van der Waals surface area contributed by atoms with Gasteiger partial charge in [-0.1, -0.05) is 18.9 Å². The van der Waals surface area contributed by atoms with Gasteiger partial charge < -0.3 is 9.84 Å². The van der Waals surface area contributed by atoms with E-state index in [2.05, 4.69) is 22.4 Å². The van der Waals surface area contributed by atoms with E-state index in [1.165, 1.54) is 25.7 Å². The molecule has 0 amide bonds. The molecule has 4 heteroatoms. The number of thiophene rings is 1. The normalized spacial score (nSPS) is 24.9. The maximum Gasteiger partial charge on any atom is 0.103 e. The monoisotopic (exact) mass is 295 g/mol. The van der Waals surface area contributed by atoms with Gasteiger partial charge >= 0.3 is 0 Å². The maximum atomic E-state index is 11.4. The first kappa shape index (κ1) is 14.5. The SMILES string of the molecule is OC(CCN1CCOCC1)(c1cccs1)C1CCCC1. The topological polar surface area (TPSA) is 32.7 Å². The predicted octanol–water partition coefficient (Wildman–Crippen LogP) is 2.85. The summed E-state index contributed by atoms with van der Waals surface area (Å²) in [5, 5.41) is 13.4. The van der Waals surface area contributed by atoms with E-state index in [4.69, 9.17) is 4.74 Å². The smallest absolute Gasteiger partial charge is 0.103 e. The zero-order valence-electron chi connectivity index (χ0n) is 12.1. The minimum atomic E-state index is -0.608. The largest absolute Gasteiger partial charge is 0.384 e. The van der Waals surface area contributed by atoms with Crippen molar-refractivity contribution in [2.45, 2.75) is 37.7 Å². The Kier molecular flexibility index (Phi) is 4.76. The van der Waals surface area contributed by atoms with Gasteiger partial charge in [0.05, 0.1) is 13.2 Å². The van der Waals surface area contributed by atoms with E-state index in [9.17, 15) is 5.11 Å². The van der Waals surface area contributed by atoms with Crippen molar-refractivity contribution in [3.05, 3.63) is 22.4 Å². The summed E-state index contributed by atoms with van der Waals surface area (Å²) in [7, 11) is 0. The van der Waals surface area contributed by atoms with Gasteiger partial charge in [-0.25, -0.2) is 0 Å². The highest BCUT2D eigenvalue weighted by Gasteiger charge is 2.40. The maximum absolute atomic E-state index is 11.4.